The number of hydrogen-bond acceptors (Lipinski definition) is 5. The van der Waals surface area contributed by atoms with Crippen molar-refractivity contribution in [2.75, 3.05) is 18.5 Å². The maximum absolute atomic E-state index is 5.45. The predicted molar refractivity (Wildman–Crippen MR) is 82.2 cm³/mol. The van der Waals surface area contributed by atoms with Crippen LogP contribution in [0.25, 0.3) is 0 Å². The predicted octanol–water partition coefficient (Wildman–Crippen LogP) is 3.66. The molecule has 2 rings (SSSR count). The van der Waals surface area contributed by atoms with Crippen LogP contribution in [0.4, 0.5) is 5.82 Å². The first kappa shape index (κ1) is 14.3. The van der Waals surface area contributed by atoms with Crippen LogP contribution in [0.5, 0.6) is 5.88 Å². The van der Waals surface area contributed by atoms with E-state index in [1.54, 1.807) is 11.3 Å². The molecule has 0 fully saturated rings. The molecule has 0 spiro atoms. The van der Waals surface area contributed by atoms with Crippen LogP contribution < -0.4 is 10.1 Å². The molecule has 0 atom stereocenters. The zero-order valence-electron chi connectivity index (χ0n) is 10.9. The van der Waals surface area contributed by atoms with Gasteiger partial charge >= 0.3 is 0 Å². The number of anilines is 1. The zero-order chi connectivity index (χ0) is 13.7. The molecule has 19 heavy (non-hydrogen) atoms. The summed E-state index contributed by atoms with van der Waals surface area (Å²) in [7, 11) is 0. The average molecular weight is 342 g/mol. The molecule has 1 N–H and O–H groups in total. The van der Waals surface area contributed by atoms with Crippen molar-refractivity contribution in [3.63, 3.8) is 0 Å². The Bertz CT molecular complexity index is 544. The summed E-state index contributed by atoms with van der Waals surface area (Å²) in [6, 6.07) is 4.21. The van der Waals surface area contributed by atoms with E-state index in [0.29, 0.717) is 12.5 Å². The Balaban J connectivity index is 1.94. The fourth-order valence-corrected chi connectivity index (χ4v) is 3.17. The van der Waals surface area contributed by atoms with Crippen LogP contribution in [0.2, 0.25) is 0 Å². The van der Waals surface area contributed by atoms with Gasteiger partial charge in [-0.25, -0.2) is 9.97 Å². The number of thiophene rings is 1. The molecule has 2 aromatic heterocycles. The fraction of sp³-hybridized carbons (Fsp3) is 0.385. The Hall–Kier alpha value is -1.14. The molecule has 0 bridgehead atoms. The molecule has 0 amide bonds. The summed E-state index contributed by atoms with van der Waals surface area (Å²) in [5, 5.41) is 3.33. The van der Waals surface area contributed by atoms with Gasteiger partial charge in [-0.15, -0.1) is 11.3 Å². The molecule has 0 unspecified atom stereocenters. The lowest BCUT2D eigenvalue weighted by atomic mass is 10.3. The molecule has 0 aliphatic heterocycles. The largest absolute Gasteiger partial charge is 0.478 e. The third-order valence-corrected chi connectivity index (χ3v) is 4.30. The number of nitrogens with one attached hydrogen (secondary N) is 1. The first-order valence-corrected chi connectivity index (χ1v) is 7.74. The first-order chi connectivity index (χ1) is 9.20. The van der Waals surface area contributed by atoms with Crippen molar-refractivity contribution >= 4 is 33.1 Å². The van der Waals surface area contributed by atoms with E-state index in [2.05, 4.69) is 43.3 Å². The molecule has 0 radical (unpaired) electrons. The first-order valence-electron chi connectivity index (χ1n) is 6.13. The van der Waals surface area contributed by atoms with Crippen LogP contribution in [0, 0.1) is 6.92 Å². The molecule has 0 saturated heterocycles. The third kappa shape index (κ3) is 3.91. The number of nitrogens with zero attached hydrogens (tertiary/aromatic N) is 2. The van der Waals surface area contributed by atoms with Crippen molar-refractivity contribution in [2.24, 2.45) is 0 Å². The number of aromatic nitrogens is 2. The van der Waals surface area contributed by atoms with E-state index in [1.807, 2.05) is 13.8 Å². The molecule has 0 aliphatic carbocycles. The van der Waals surface area contributed by atoms with Crippen molar-refractivity contribution in [1.29, 1.82) is 0 Å². The summed E-state index contributed by atoms with van der Waals surface area (Å²) in [6.45, 7) is 5.37. The molecule has 2 aromatic rings. The number of hydrogen-bond donors (Lipinski definition) is 1. The molecule has 4 nitrogen and oxygen atoms in total. The lowest BCUT2D eigenvalue weighted by Crippen LogP contribution is -2.08. The van der Waals surface area contributed by atoms with E-state index in [9.17, 15) is 0 Å². The van der Waals surface area contributed by atoms with E-state index in [4.69, 9.17) is 4.74 Å². The van der Waals surface area contributed by atoms with E-state index >= 15 is 0 Å². The molecule has 0 saturated carbocycles. The van der Waals surface area contributed by atoms with Gasteiger partial charge < -0.3 is 10.1 Å². The average Bonchev–Trinajstić information content (AvgIpc) is 2.80. The smallest absolute Gasteiger partial charge is 0.221 e. The SMILES string of the molecule is CCOc1ncnc(NCCc2ccc(Br)s2)c1C. The highest BCUT2D eigenvalue weighted by atomic mass is 79.9. The van der Waals surface area contributed by atoms with Crippen molar-refractivity contribution in [3.8, 4) is 5.88 Å². The van der Waals surface area contributed by atoms with Crippen LogP contribution in [-0.2, 0) is 6.42 Å². The quantitative estimate of drug-likeness (QED) is 0.870. The highest BCUT2D eigenvalue weighted by Gasteiger charge is 2.07. The monoisotopic (exact) mass is 341 g/mol. The van der Waals surface area contributed by atoms with E-state index < -0.39 is 0 Å². The Kier molecular flexibility index (Phi) is 5.15. The highest BCUT2D eigenvalue weighted by Crippen LogP contribution is 2.23. The summed E-state index contributed by atoms with van der Waals surface area (Å²) in [5.74, 6) is 1.49. The van der Waals surface area contributed by atoms with Gasteiger partial charge in [0.15, 0.2) is 0 Å². The second kappa shape index (κ2) is 6.86. The molecule has 0 aromatic carbocycles. The van der Waals surface area contributed by atoms with Crippen LogP contribution in [0.3, 0.4) is 0 Å². The second-order valence-corrected chi connectivity index (χ2v) is 6.52. The van der Waals surface area contributed by atoms with Crippen LogP contribution in [0.15, 0.2) is 22.2 Å². The van der Waals surface area contributed by atoms with Crippen molar-refractivity contribution < 1.29 is 4.74 Å². The lowest BCUT2D eigenvalue weighted by molar-refractivity contribution is 0.324. The minimum absolute atomic E-state index is 0.612. The van der Waals surface area contributed by atoms with Crippen molar-refractivity contribution in [2.45, 2.75) is 20.3 Å². The molecule has 6 heteroatoms. The van der Waals surface area contributed by atoms with E-state index in [0.717, 1.165) is 24.3 Å². The number of ether oxygens (including phenoxy) is 1. The Morgan fingerprint density at radius 3 is 2.89 bits per heavy atom. The topological polar surface area (TPSA) is 47.0 Å². The summed E-state index contributed by atoms with van der Waals surface area (Å²) >= 11 is 5.23. The van der Waals surface area contributed by atoms with Crippen molar-refractivity contribution in [1.82, 2.24) is 9.97 Å². The zero-order valence-corrected chi connectivity index (χ0v) is 13.3. The standard InChI is InChI=1S/C13H16BrN3OS/c1-3-18-13-9(2)12(16-8-17-13)15-7-6-10-4-5-11(14)19-10/h4-5,8H,3,6-7H2,1-2H3,(H,15,16,17). The van der Waals surface area contributed by atoms with Crippen molar-refractivity contribution in [3.05, 3.63) is 32.7 Å². The van der Waals surface area contributed by atoms with Gasteiger partial charge in [-0.3, -0.25) is 0 Å². The van der Waals surface area contributed by atoms with Gasteiger partial charge in [0.2, 0.25) is 5.88 Å². The lowest BCUT2D eigenvalue weighted by Gasteiger charge is -2.10. The van der Waals surface area contributed by atoms with Gasteiger partial charge in [0.05, 0.1) is 16.0 Å². The molecule has 102 valence electrons. The normalized spacial score (nSPS) is 10.5. The minimum Gasteiger partial charge on any atom is -0.478 e. The Morgan fingerprint density at radius 1 is 1.37 bits per heavy atom. The number of halogens is 1. The molecular formula is C13H16BrN3OS. The van der Waals surface area contributed by atoms with Crippen LogP contribution >= 0.6 is 27.3 Å². The van der Waals surface area contributed by atoms with Gasteiger partial charge in [-0.2, -0.15) is 0 Å². The van der Waals surface area contributed by atoms with Gasteiger partial charge in [-0.05, 0) is 48.3 Å². The van der Waals surface area contributed by atoms with E-state index in [-0.39, 0.29) is 0 Å². The van der Waals surface area contributed by atoms with E-state index in [1.165, 1.54) is 15.0 Å². The second-order valence-electron chi connectivity index (χ2n) is 3.97. The summed E-state index contributed by atoms with van der Waals surface area (Å²) in [4.78, 5) is 9.71. The third-order valence-electron chi connectivity index (χ3n) is 2.61. The van der Waals surface area contributed by atoms with Crippen LogP contribution in [0.1, 0.15) is 17.4 Å². The van der Waals surface area contributed by atoms with Gasteiger partial charge in [0.1, 0.15) is 12.1 Å². The fourth-order valence-electron chi connectivity index (χ4n) is 1.68. The summed E-state index contributed by atoms with van der Waals surface area (Å²) in [6.07, 6.45) is 2.51. The van der Waals surface area contributed by atoms with Gasteiger partial charge in [-0.1, -0.05) is 0 Å². The maximum Gasteiger partial charge on any atom is 0.221 e. The number of rotatable bonds is 6. The highest BCUT2D eigenvalue weighted by molar-refractivity contribution is 9.11. The van der Waals surface area contributed by atoms with Crippen LogP contribution in [-0.4, -0.2) is 23.1 Å². The maximum atomic E-state index is 5.45. The summed E-state index contributed by atoms with van der Waals surface area (Å²) in [5.41, 5.74) is 0.955. The molecular weight excluding hydrogens is 326 g/mol. The van der Waals surface area contributed by atoms with Gasteiger partial charge in [0.25, 0.3) is 0 Å². The molecule has 0 aliphatic rings. The Morgan fingerprint density at radius 2 is 2.21 bits per heavy atom. The molecule has 2 heterocycles. The van der Waals surface area contributed by atoms with Gasteiger partial charge in [0, 0.05) is 11.4 Å². The summed E-state index contributed by atoms with van der Waals surface area (Å²) < 4.78 is 6.62. The minimum atomic E-state index is 0.612. The Labute approximate surface area is 125 Å².